The molecule has 0 spiro atoms. The number of carboxylic acid groups (broad SMARTS) is 1. The van der Waals surface area contributed by atoms with Crippen molar-refractivity contribution in [3.8, 4) is 5.75 Å². The predicted octanol–water partition coefficient (Wildman–Crippen LogP) is 1.66. The van der Waals surface area contributed by atoms with Crippen molar-refractivity contribution in [3.05, 3.63) is 41.1 Å². The van der Waals surface area contributed by atoms with Crippen molar-refractivity contribution in [2.45, 2.75) is 52.3 Å². The summed E-state index contributed by atoms with van der Waals surface area (Å²) in [7, 11) is 0. The van der Waals surface area contributed by atoms with Crippen molar-refractivity contribution in [2.75, 3.05) is 6.54 Å². The minimum Gasteiger partial charge on any atom is -0.508 e. The molecule has 1 saturated heterocycles. The van der Waals surface area contributed by atoms with Crippen LogP contribution >= 0.6 is 0 Å². The average molecular weight is 433 g/mol. The number of nitrogens with zero attached hydrogens (tertiary/aromatic N) is 1. The SMILES string of the molecule is CC(C)=C(C(=O)O)N1CC(NC(=O)C(NC(=O)OC(C)(C)C)c2ccc(O)cc2)C1=O. The third kappa shape index (κ3) is 5.97. The Labute approximate surface area is 179 Å². The van der Waals surface area contributed by atoms with E-state index in [0.717, 1.165) is 4.90 Å². The van der Waals surface area contributed by atoms with E-state index < -0.39 is 41.6 Å². The van der Waals surface area contributed by atoms with Crippen molar-refractivity contribution >= 4 is 23.9 Å². The molecule has 1 aromatic carbocycles. The molecule has 31 heavy (non-hydrogen) atoms. The first-order valence-corrected chi connectivity index (χ1v) is 9.61. The monoisotopic (exact) mass is 433 g/mol. The number of benzene rings is 1. The van der Waals surface area contributed by atoms with Crippen LogP contribution in [0.3, 0.4) is 0 Å². The second-order valence-electron chi connectivity index (χ2n) is 8.33. The van der Waals surface area contributed by atoms with Gasteiger partial charge in [0.05, 0.1) is 6.54 Å². The van der Waals surface area contributed by atoms with Crippen LogP contribution in [0.2, 0.25) is 0 Å². The maximum atomic E-state index is 12.9. The first-order chi connectivity index (χ1) is 14.3. The van der Waals surface area contributed by atoms with Gasteiger partial charge in [-0.3, -0.25) is 9.59 Å². The number of carbonyl (C=O) groups is 4. The number of carboxylic acids is 1. The van der Waals surface area contributed by atoms with Crippen molar-refractivity contribution < 1.29 is 34.1 Å². The summed E-state index contributed by atoms with van der Waals surface area (Å²) in [6.45, 7) is 8.17. The molecule has 0 bridgehead atoms. The molecule has 2 unspecified atom stereocenters. The lowest BCUT2D eigenvalue weighted by Crippen LogP contribution is -2.65. The van der Waals surface area contributed by atoms with Crippen LogP contribution in [0.25, 0.3) is 0 Å². The number of carbonyl (C=O) groups excluding carboxylic acids is 3. The average Bonchev–Trinajstić information content (AvgIpc) is 2.63. The lowest BCUT2D eigenvalue weighted by Gasteiger charge is -2.39. The van der Waals surface area contributed by atoms with Gasteiger partial charge in [0.1, 0.15) is 29.1 Å². The van der Waals surface area contributed by atoms with Crippen molar-refractivity contribution in [2.24, 2.45) is 0 Å². The maximum Gasteiger partial charge on any atom is 0.408 e. The number of phenolic OH excluding ortho intramolecular Hbond substituents is 1. The first-order valence-electron chi connectivity index (χ1n) is 9.61. The van der Waals surface area contributed by atoms with Gasteiger partial charge < -0.3 is 30.5 Å². The molecular weight excluding hydrogens is 406 g/mol. The molecule has 10 heteroatoms. The van der Waals surface area contributed by atoms with Crippen LogP contribution in [0.1, 0.15) is 46.2 Å². The Morgan fingerprint density at radius 2 is 1.74 bits per heavy atom. The fourth-order valence-electron chi connectivity index (χ4n) is 2.98. The number of rotatable bonds is 6. The van der Waals surface area contributed by atoms with Crippen molar-refractivity contribution in [1.82, 2.24) is 15.5 Å². The zero-order chi connectivity index (χ0) is 23.5. The molecule has 0 aromatic heterocycles. The van der Waals surface area contributed by atoms with Gasteiger partial charge >= 0.3 is 12.1 Å². The number of amides is 3. The van der Waals surface area contributed by atoms with Gasteiger partial charge in [-0.25, -0.2) is 9.59 Å². The van der Waals surface area contributed by atoms with E-state index in [0.29, 0.717) is 11.1 Å². The van der Waals surface area contributed by atoms with Gasteiger partial charge in [0.15, 0.2) is 0 Å². The van der Waals surface area contributed by atoms with Gasteiger partial charge in [0, 0.05) is 0 Å². The summed E-state index contributed by atoms with van der Waals surface area (Å²) in [5.74, 6) is -2.49. The number of hydrogen-bond donors (Lipinski definition) is 4. The summed E-state index contributed by atoms with van der Waals surface area (Å²) >= 11 is 0. The smallest absolute Gasteiger partial charge is 0.408 e. The fraction of sp³-hybridized carbons (Fsp3) is 0.429. The Balaban J connectivity index is 2.16. The quantitative estimate of drug-likeness (QED) is 0.394. The van der Waals surface area contributed by atoms with Crippen LogP contribution in [-0.4, -0.2) is 57.2 Å². The number of aromatic hydroxyl groups is 1. The summed E-state index contributed by atoms with van der Waals surface area (Å²) in [6, 6.07) is 3.50. The number of ether oxygens (including phenoxy) is 1. The van der Waals surface area contributed by atoms with Crippen LogP contribution < -0.4 is 10.6 Å². The third-order valence-electron chi connectivity index (χ3n) is 4.34. The van der Waals surface area contributed by atoms with E-state index in [2.05, 4.69) is 10.6 Å². The van der Waals surface area contributed by atoms with Crippen LogP contribution in [0, 0.1) is 0 Å². The van der Waals surface area contributed by atoms with E-state index >= 15 is 0 Å². The second kappa shape index (κ2) is 9.07. The van der Waals surface area contributed by atoms with E-state index in [1.165, 1.54) is 24.3 Å². The molecule has 0 aliphatic carbocycles. The van der Waals surface area contributed by atoms with Crippen molar-refractivity contribution in [1.29, 1.82) is 0 Å². The summed E-state index contributed by atoms with van der Waals surface area (Å²) < 4.78 is 5.21. The molecule has 168 valence electrons. The van der Waals surface area contributed by atoms with Crippen LogP contribution in [0.4, 0.5) is 4.79 Å². The highest BCUT2D eigenvalue weighted by molar-refractivity contribution is 6.01. The van der Waals surface area contributed by atoms with E-state index in [4.69, 9.17) is 4.74 Å². The summed E-state index contributed by atoms with van der Waals surface area (Å²) in [5.41, 5.74) is -0.0980. The first kappa shape index (κ1) is 23.7. The highest BCUT2D eigenvalue weighted by Crippen LogP contribution is 2.23. The summed E-state index contributed by atoms with van der Waals surface area (Å²) in [4.78, 5) is 50.0. The Morgan fingerprint density at radius 3 is 2.19 bits per heavy atom. The number of likely N-dealkylation sites (tertiary alicyclic amines) is 1. The van der Waals surface area contributed by atoms with Crippen molar-refractivity contribution in [3.63, 3.8) is 0 Å². The standard InChI is InChI=1S/C21H27N3O7/c1-11(2)16(19(28)29)24-10-14(18(24)27)22-17(26)15(12-6-8-13(25)9-7-12)23-20(30)31-21(3,4)5/h6-9,14-15,25H,10H2,1-5H3,(H,22,26)(H,23,30)(H,28,29). The number of nitrogens with one attached hydrogen (secondary N) is 2. The van der Waals surface area contributed by atoms with E-state index in [-0.39, 0.29) is 18.0 Å². The molecule has 1 fully saturated rings. The number of allylic oxidation sites excluding steroid dienone is 1. The molecule has 1 heterocycles. The molecule has 2 atom stereocenters. The molecule has 1 aliphatic rings. The normalized spacial score (nSPS) is 16.6. The molecule has 1 aliphatic heterocycles. The van der Waals surface area contributed by atoms with Gasteiger partial charge in [-0.1, -0.05) is 12.1 Å². The minimum absolute atomic E-state index is 0.00782. The van der Waals surface area contributed by atoms with E-state index in [9.17, 15) is 29.4 Å². The summed E-state index contributed by atoms with van der Waals surface area (Å²) in [6.07, 6.45) is -0.833. The zero-order valence-electron chi connectivity index (χ0n) is 18.1. The molecule has 0 saturated carbocycles. The highest BCUT2D eigenvalue weighted by Gasteiger charge is 2.43. The summed E-state index contributed by atoms with van der Waals surface area (Å²) in [5, 5.41) is 23.8. The lowest BCUT2D eigenvalue weighted by molar-refractivity contribution is -0.149. The van der Waals surface area contributed by atoms with Crippen LogP contribution in [-0.2, 0) is 19.1 Å². The molecule has 10 nitrogen and oxygen atoms in total. The minimum atomic E-state index is -1.23. The third-order valence-corrected chi connectivity index (χ3v) is 4.34. The zero-order valence-corrected chi connectivity index (χ0v) is 18.1. The second-order valence-corrected chi connectivity index (χ2v) is 8.33. The van der Waals surface area contributed by atoms with Gasteiger partial charge in [-0.05, 0) is 57.9 Å². The molecular formula is C21H27N3O7. The number of phenols is 1. The molecule has 2 rings (SSSR count). The topological polar surface area (TPSA) is 145 Å². The fourth-order valence-corrected chi connectivity index (χ4v) is 2.98. The number of alkyl carbamates (subject to hydrolysis) is 1. The Bertz CT molecular complexity index is 912. The highest BCUT2D eigenvalue weighted by atomic mass is 16.6. The van der Waals surface area contributed by atoms with Gasteiger partial charge in [-0.15, -0.1) is 0 Å². The number of β-lactam (4-membered cyclic amide) rings is 1. The van der Waals surface area contributed by atoms with Gasteiger partial charge in [0.2, 0.25) is 5.91 Å². The van der Waals surface area contributed by atoms with Crippen LogP contribution in [0.5, 0.6) is 5.75 Å². The van der Waals surface area contributed by atoms with E-state index in [1.807, 2.05) is 0 Å². The number of hydrogen-bond acceptors (Lipinski definition) is 6. The molecule has 4 N–H and O–H groups in total. The van der Waals surface area contributed by atoms with Gasteiger partial charge in [-0.2, -0.15) is 0 Å². The lowest BCUT2D eigenvalue weighted by atomic mass is 10.0. The van der Waals surface area contributed by atoms with E-state index in [1.54, 1.807) is 34.6 Å². The number of aliphatic carboxylic acids is 1. The maximum absolute atomic E-state index is 12.9. The Kier molecular flexibility index (Phi) is 6.94. The Morgan fingerprint density at radius 1 is 1.16 bits per heavy atom. The predicted molar refractivity (Wildman–Crippen MR) is 110 cm³/mol. The Hall–Kier alpha value is -3.56. The van der Waals surface area contributed by atoms with Gasteiger partial charge in [0.25, 0.3) is 5.91 Å². The molecule has 0 radical (unpaired) electrons. The largest absolute Gasteiger partial charge is 0.508 e. The molecule has 3 amide bonds. The molecule has 1 aromatic rings. The van der Waals surface area contributed by atoms with Crippen LogP contribution in [0.15, 0.2) is 35.5 Å².